The summed E-state index contributed by atoms with van der Waals surface area (Å²) >= 11 is 0. The third-order valence-electron chi connectivity index (χ3n) is 6.06. The average molecular weight is 371 g/mol. The number of esters is 1. The Kier molecular flexibility index (Phi) is 4.45. The van der Waals surface area contributed by atoms with Crippen molar-refractivity contribution in [3.63, 3.8) is 0 Å². The van der Waals surface area contributed by atoms with E-state index >= 15 is 0 Å². The maximum Gasteiger partial charge on any atom is 0.326 e. The highest BCUT2D eigenvalue weighted by molar-refractivity contribution is 6.08. The first kappa shape index (κ1) is 17.7. The molecule has 2 amide bonds. The normalized spacial score (nSPS) is 28.4. The molecule has 2 aliphatic carbocycles. The molecule has 27 heavy (non-hydrogen) atoms. The zero-order chi connectivity index (χ0) is 19.1. The first-order chi connectivity index (χ1) is 13.0. The molecule has 0 aromatic heterocycles. The first-order valence-electron chi connectivity index (χ1n) is 9.17. The minimum Gasteiger partial charge on any atom is -0.497 e. The van der Waals surface area contributed by atoms with Gasteiger partial charge in [-0.05, 0) is 43.2 Å². The van der Waals surface area contributed by atoms with Crippen molar-refractivity contribution in [2.75, 3.05) is 20.3 Å². The Morgan fingerprint density at radius 2 is 1.78 bits per heavy atom. The quantitative estimate of drug-likeness (QED) is 0.427. The predicted molar refractivity (Wildman–Crippen MR) is 92.8 cm³/mol. The summed E-state index contributed by atoms with van der Waals surface area (Å²) < 4.78 is 10.1. The number of likely N-dealkylation sites (tertiary alicyclic amines) is 1. The van der Waals surface area contributed by atoms with E-state index in [-0.39, 0.29) is 41.3 Å². The fourth-order valence-corrected chi connectivity index (χ4v) is 4.83. The Morgan fingerprint density at radius 1 is 1.11 bits per heavy atom. The Bertz CT molecular complexity index is 790. The van der Waals surface area contributed by atoms with Crippen LogP contribution in [0.4, 0.5) is 0 Å². The van der Waals surface area contributed by atoms with Crippen LogP contribution in [0.1, 0.15) is 29.6 Å². The zero-order valence-electron chi connectivity index (χ0n) is 15.1. The third kappa shape index (κ3) is 3.01. The molecule has 4 atom stereocenters. The number of carbonyl (C=O) groups excluding carboxylic acids is 4. The van der Waals surface area contributed by atoms with Gasteiger partial charge in [-0.25, -0.2) is 0 Å². The summed E-state index contributed by atoms with van der Waals surface area (Å²) in [4.78, 5) is 50.4. The highest BCUT2D eigenvalue weighted by Gasteiger charge is 2.61. The SMILES string of the molecule is COc1cccc(C(=O)COC(=O)CN2C(=O)[C@H]3[C@H]4CC[C@@H](C4)[C@@H]3C2=O)c1. The fourth-order valence-electron chi connectivity index (χ4n) is 4.83. The van der Waals surface area contributed by atoms with Crippen LogP contribution in [0.5, 0.6) is 5.75 Å². The summed E-state index contributed by atoms with van der Waals surface area (Å²) in [6, 6.07) is 6.53. The molecule has 4 rings (SSSR count). The number of rotatable bonds is 6. The predicted octanol–water partition coefficient (Wildman–Crippen LogP) is 1.45. The van der Waals surface area contributed by atoms with E-state index in [4.69, 9.17) is 9.47 Å². The molecular formula is C20H21NO6. The van der Waals surface area contributed by atoms with Crippen molar-refractivity contribution < 1.29 is 28.7 Å². The van der Waals surface area contributed by atoms with Crippen molar-refractivity contribution in [2.24, 2.45) is 23.7 Å². The number of methoxy groups -OCH3 is 1. The second kappa shape index (κ2) is 6.79. The highest BCUT2D eigenvalue weighted by Crippen LogP contribution is 2.56. The monoisotopic (exact) mass is 371 g/mol. The molecule has 0 unspecified atom stereocenters. The van der Waals surface area contributed by atoms with Crippen molar-refractivity contribution in [3.05, 3.63) is 29.8 Å². The van der Waals surface area contributed by atoms with Crippen LogP contribution < -0.4 is 4.74 Å². The number of carbonyl (C=O) groups is 4. The van der Waals surface area contributed by atoms with Gasteiger partial charge < -0.3 is 9.47 Å². The number of hydrogen-bond acceptors (Lipinski definition) is 6. The van der Waals surface area contributed by atoms with Crippen molar-refractivity contribution in [1.29, 1.82) is 0 Å². The minimum absolute atomic E-state index is 0.256. The molecule has 7 heteroatoms. The molecule has 7 nitrogen and oxygen atoms in total. The smallest absolute Gasteiger partial charge is 0.326 e. The standard InChI is InChI=1S/C20H21NO6/c1-26-14-4-2-3-11(8-14)15(22)10-27-16(23)9-21-19(24)17-12-5-6-13(7-12)18(17)20(21)25/h2-4,8,12-13,17-18H,5-7,9-10H2,1H3/t12-,13-,17-,18-/m0/s1. The summed E-state index contributed by atoms with van der Waals surface area (Å²) in [6.45, 7) is -0.865. The molecule has 1 aliphatic heterocycles. The summed E-state index contributed by atoms with van der Waals surface area (Å²) in [5.41, 5.74) is 0.363. The van der Waals surface area contributed by atoms with Crippen molar-refractivity contribution >= 4 is 23.6 Å². The molecule has 3 fully saturated rings. The highest BCUT2D eigenvalue weighted by atomic mass is 16.5. The number of Topliss-reactive ketones (excluding diaryl/α,β-unsaturated/α-hetero) is 1. The van der Waals surface area contributed by atoms with Crippen LogP contribution in [0, 0.1) is 23.7 Å². The number of nitrogens with zero attached hydrogens (tertiary/aromatic N) is 1. The van der Waals surface area contributed by atoms with Gasteiger partial charge in [-0.15, -0.1) is 0 Å². The second-order valence-electron chi connectivity index (χ2n) is 7.46. The lowest BCUT2D eigenvalue weighted by atomic mass is 9.81. The molecule has 0 spiro atoms. The number of fused-ring (bicyclic) bond motifs is 5. The lowest BCUT2D eigenvalue weighted by Crippen LogP contribution is -2.38. The second-order valence-corrected chi connectivity index (χ2v) is 7.46. The van der Waals surface area contributed by atoms with Gasteiger partial charge in [0.25, 0.3) is 0 Å². The minimum atomic E-state index is -0.750. The van der Waals surface area contributed by atoms with Gasteiger partial charge in [-0.3, -0.25) is 24.1 Å². The number of amides is 2. The molecule has 1 aromatic rings. The van der Waals surface area contributed by atoms with Crippen LogP contribution in [0.25, 0.3) is 0 Å². The maximum atomic E-state index is 12.6. The van der Waals surface area contributed by atoms with Crippen LogP contribution in [-0.4, -0.2) is 48.7 Å². The van der Waals surface area contributed by atoms with E-state index < -0.39 is 19.1 Å². The van der Waals surface area contributed by atoms with Crippen LogP contribution in [0.2, 0.25) is 0 Å². The summed E-state index contributed by atoms with van der Waals surface area (Å²) in [5, 5.41) is 0. The van der Waals surface area contributed by atoms with Gasteiger partial charge in [-0.1, -0.05) is 12.1 Å². The van der Waals surface area contributed by atoms with Crippen molar-refractivity contribution in [2.45, 2.75) is 19.3 Å². The zero-order valence-corrected chi connectivity index (χ0v) is 15.1. The van der Waals surface area contributed by atoms with Gasteiger partial charge in [-0.2, -0.15) is 0 Å². The van der Waals surface area contributed by atoms with E-state index in [1.165, 1.54) is 7.11 Å². The van der Waals surface area contributed by atoms with Crippen LogP contribution in [-0.2, 0) is 19.1 Å². The van der Waals surface area contributed by atoms with Gasteiger partial charge in [0.05, 0.1) is 18.9 Å². The van der Waals surface area contributed by atoms with Crippen molar-refractivity contribution in [1.82, 2.24) is 4.90 Å². The molecule has 1 aromatic carbocycles. The Hall–Kier alpha value is -2.70. The molecule has 0 radical (unpaired) electrons. The Morgan fingerprint density at radius 3 is 2.41 bits per heavy atom. The van der Waals surface area contributed by atoms with E-state index in [9.17, 15) is 19.2 Å². The van der Waals surface area contributed by atoms with Crippen LogP contribution in [0.3, 0.4) is 0 Å². The molecule has 2 bridgehead atoms. The maximum absolute atomic E-state index is 12.6. The topological polar surface area (TPSA) is 90.0 Å². The van der Waals surface area contributed by atoms with E-state index in [1.54, 1.807) is 24.3 Å². The molecule has 3 aliphatic rings. The number of ether oxygens (including phenoxy) is 2. The van der Waals surface area contributed by atoms with Gasteiger partial charge in [0.1, 0.15) is 12.3 Å². The summed E-state index contributed by atoms with van der Waals surface area (Å²) in [5.74, 6) is -1.09. The van der Waals surface area contributed by atoms with Crippen molar-refractivity contribution in [3.8, 4) is 5.75 Å². The third-order valence-corrected chi connectivity index (χ3v) is 6.06. The number of imide groups is 1. The largest absolute Gasteiger partial charge is 0.497 e. The van der Waals surface area contributed by atoms with Gasteiger partial charge in [0.15, 0.2) is 12.4 Å². The lowest BCUT2D eigenvalue weighted by molar-refractivity contribution is -0.152. The molecule has 1 saturated heterocycles. The van der Waals surface area contributed by atoms with Gasteiger partial charge in [0, 0.05) is 5.56 Å². The molecule has 0 N–H and O–H groups in total. The first-order valence-corrected chi connectivity index (χ1v) is 9.17. The Balaban J connectivity index is 1.34. The van der Waals surface area contributed by atoms with Gasteiger partial charge in [0.2, 0.25) is 11.8 Å². The summed E-state index contributed by atoms with van der Waals surface area (Å²) in [6.07, 6.45) is 2.91. The number of benzene rings is 1. The number of ketones is 1. The van der Waals surface area contributed by atoms with Crippen LogP contribution >= 0.6 is 0 Å². The van der Waals surface area contributed by atoms with Gasteiger partial charge >= 0.3 is 5.97 Å². The van der Waals surface area contributed by atoms with Crippen LogP contribution in [0.15, 0.2) is 24.3 Å². The molecular weight excluding hydrogens is 350 g/mol. The Labute approximate surface area is 156 Å². The molecule has 2 saturated carbocycles. The number of hydrogen-bond donors (Lipinski definition) is 0. The van der Waals surface area contributed by atoms with E-state index in [1.807, 2.05) is 0 Å². The fraction of sp³-hybridized carbons (Fsp3) is 0.500. The summed E-state index contributed by atoms with van der Waals surface area (Å²) in [7, 11) is 1.50. The van der Waals surface area contributed by atoms with E-state index in [0.29, 0.717) is 11.3 Å². The molecule has 142 valence electrons. The van der Waals surface area contributed by atoms with E-state index in [2.05, 4.69) is 0 Å². The average Bonchev–Trinajstić information content (AvgIpc) is 3.36. The lowest BCUT2D eigenvalue weighted by Gasteiger charge is -2.19. The van der Waals surface area contributed by atoms with E-state index in [0.717, 1.165) is 24.2 Å². The molecule has 1 heterocycles.